The van der Waals surface area contributed by atoms with Crippen molar-refractivity contribution in [2.24, 2.45) is 5.92 Å². The maximum absolute atomic E-state index is 5.66. The van der Waals surface area contributed by atoms with Gasteiger partial charge >= 0.3 is 0 Å². The number of nitrogens with one attached hydrogen (secondary N) is 1. The Kier molecular flexibility index (Phi) is 7.32. The van der Waals surface area contributed by atoms with E-state index in [-0.39, 0.29) is 0 Å². The molecule has 3 fully saturated rings. The molecule has 6 rings (SSSR count). The molecule has 1 N–H and O–H groups in total. The van der Waals surface area contributed by atoms with Crippen molar-refractivity contribution in [2.45, 2.75) is 63.2 Å². The van der Waals surface area contributed by atoms with E-state index >= 15 is 0 Å². The highest BCUT2D eigenvalue weighted by atomic mass is 16.5. The lowest BCUT2D eigenvalue weighted by molar-refractivity contribution is -0.0421. The van der Waals surface area contributed by atoms with E-state index in [1.165, 1.54) is 48.9 Å². The third-order valence-corrected chi connectivity index (χ3v) is 8.06. The van der Waals surface area contributed by atoms with Crippen molar-refractivity contribution >= 4 is 0 Å². The van der Waals surface area contributed by atoms with Gasteiger partial charge in [0.25, 0.3) is 0 Å². The van der Waals surface area contributed by atoms with Crippen molar-refractivity contribution in [1.82, 2.24) is 10.2 Å². The van der Waals surface area contributed by atoms with E-state index in [9.17, 15) is 0 Å². The Morgan fingerprint density at radius 1 is 0.912 bits per heavy atom. The predicted octanol–water partition coefficient (Wildman–Crippen LogP) is 6.25. The number of para-hydroxylation sites is 1. The van der Waals surface area contributed by atoms with Crippen LogP contribution in [0.5, 0.6) is 5.75 Å². The number of nitrogens with zero attached hydrogens (tertiary/aromatic N) is 1. The zero-order valence-electron chi connectivity index (χ0n) is 20.6. The molecule has 0 aromatic heterocycles. The molecule has 3 saturated heterocycles. The molecule has 3 heteroatoms. The van der Waals surface area contributed by atoms with Crippen molar-refractivity contribution < 1.29 is 4.74 Å². The lowest BCUT2D eigenvalue weighted by Crippen LogP contribution is -2.67. The van der Waals surface area contributed by atoms with Gasteiger partial charge in [0.05, 0.1) is 7.11 Å². The average molecular weight is 455 g/mol. The van der Waals surface area contributed by atoms with Crippen molar-refractivity contribution in [1.29, 1.82) is 0 Å². The molecule has 0 saturated carbocycles. The fraction of sp³-hybridized carbons (Fsp3) is 0.419. The minimum Gasteiger partial charge on any atom is -0.496 e. The van der Waals surface area contributed by atoms with Crippen molar-refractivity contribution in [3.05, 3.63) is 102 Å². The average Bonchev–Trinajstić information content (AvgIpc) is 2.90. The molecule has 3 aromatic rings. The zero-order chi connectivity index (χ0) is 23.3. The quantitative estimate of drug-likeness (QED) is 0.414. The first kappa shape index (κ1) is 23.1. The van der Waals surface area contributed by atoms with Crippen molar-refractivity contribution in [3.63, 3.8) is 0 Å². The molecule has 5 atom stereocenters. The summed E-state index contributed by atoms with van der Waals surface area (Å²) in [7, 11) is 1.77. The topological polar surface area (TPSA) is 24.5 Å². The van der Waals surface area contributed by atoms with Gasteiger partial charge in [0.1, 0.15) is 5.75 Å². The van der Waals surface area contributed by atoms with Gasteiger partial charge in [-0.1, -0.05) is 92.2 Å². The van der Waals surface area contributed by atoms with Crippen LogP contribution in [0.4, 0.5) is 0 Å². The minimum absolute atomic E-state index is 0.347. The number of hydrogen-bond acceptors (Lipinski definition) is 3. The maximum Gasteiger partial charge on any atom is 0.123 e. The van der Waals surface area contributed by atoms with Crippen LogP contribution in [-0.4, -0.2) is 36.7 Å². The summed E-state index contributed by atoms with van der Waals surface area (Å²) in [6, 6.07) is 32.3. The van der Waals surface area contributed by atoms with Gasteiger partial charge < -0.3 is 10.1 Å². The molecule has 3 aromatic carbocycles. The molecule has 34 heavy (non-hydrogen) atoms. The van der Waals surface area contributed by atoms with E-state index in [1.807, 2.05) is 0 Å². The van der Waals surface area contributed by atoms with Gasteiger partial charge in [-0.15, -0.1) is 0 Å². The number of ether oxygens (including phenoxy) is 1. The van der Waals surface area contributed by atoms with E-state index in [4.69, 9.17) is 4.74 Å². The Morgan fingerprint density at radius 2 is 1.56 bits per heavy atom. The van der Waals surface area contributed by atoms with Crippen LogP contribution in [0, 0.1) is 5.92 Å². The fourth-order valence-corrected chi connectivity index (χ4v) is 6.59. The summed E-state index contributed by atoms with van der Waals surface area (Å²) in [5.41, 5.74) is 4.08. The van der Waals surface area contributed by atoms with Crippen LogP contribution in [-0.2, 0) is 6.54 Å². The first-order valence-electron chi connectivity index (χ1n) is 13.0. The molecule has 3 aliphatic heterocycles. The molecule has 3 nitrogen and oxygen atoms in total. The molecule has 3 aliphatic rings. The predicted molar refractivity (Wildman–Crippen MR) is 140 cm³/mol. The second kappa shape index (κ2) is 10.8. The number of methoxy groups -OCH3 is 1. The molecule has 178 valence electrons. The van der Waals surface area contributed by atoms with E-state index < -0.39 is 0 Å². The van der Waals surface area contributed by atoms with Gasteiger partial charge in [0.15, 0.2) is 0 Å². The molecule has 0 spiro atoms. The van der Waals surface area contributed by atoms with Gasteiger partial charge in [-0.2, -0.15) is 0 Å². The van der Waals surface area contributed by atoms with Crippen LogP contribution < -0.4 is 10.1 Å². The lowest BCUT2D eigenvalue weighted by Gasteiger charge is -2.58. The SMILES string of the molecule is CCCC1CC2CCN1[C@H](C(c1ccccc1)c1ccccc1)[C@@H]2NCc1ccccc1OC. The van der Waals surface area contributed by atoms with Gasteiger partial charge in [-0.25, -0.2) is 0 Å². The van der Waals surface area contributed by atoms with Crippen molar-refractivity contribution in [3.8, 4) is 5.75 Å². The number of rotatable bonds is 9. The lowest BCUT2D eigenvalue weighted by atomic mass is 9.68. The summed E-state index contributed by atoms with van der Waals surface area (Å²) in [6.45, 7) is 4.38. The normalized spacial score (nSPS) is 26.0. The third-order valence-electron chi connectivity index (χ3n) is 8.06. The molecule has 0 amide bonds. The Morgan fingerprint density at radius 3 is 2.21 bits per heavy atom. The second-order valence-electron chi connectivity index (χ2n) is 9.97. The molecule has 0 radical (unpaired) electrons. The highest BCUT2D eigenvalue weighted by molar-refractivity contribution is 5.37. The maximum atomic E-state index is 5.66. The first-order chi connectivity index (χ1) is 16.8. The number of benzene rings is 3. The largest absolute Gasteiger partial charge is 0.496 e. The summed E-state index contributed by atoms with van der Waals surface area (Å²) >= 11 is 0. The van der Waals surface area contributed by atoms with E-state index in [0.29, 0.717) is 30.0 Å². The summed E-state index contributed by atoms with van der Waals surface area (Å²) in [6.07, 6.45) is 5.14. The van der Waals surface area contributed by atoms with Crippen LogP contribution in [0.3, 0.4) is 0 Å². The molecular formula is C31H38N2O. The third kappa shape index (κ3) is 4.64. The van der Waals surface area contributed by atoms with E-state index in [1.54, 1.807) is 7.11 Å². The van der Waals surface area contributed by atoms with E-state index in [0.717, 1.165) is 12.3 Å². The monoisotopic (exact) mass is 454 g/mol. The molecule has 3 heterocycles. The highest BCUT2D eigenvalue weighted by Gasteiger charge is 2.49. The van der Waals surface area contributed by atoms with Crippen LogP contribution in [0.2, 0.25) is 0 Å². The Labute approximate surface area is 205 Å². The molecule has 0 aliphatic carbocycles. The highest BCUT2D eigenvalue weighted by Crippen LogP contribution is 2.45. The van der Waals surface area contributed by atoms with Gasteiger partial charge in [0, 0.05) is 36.2 Å². The summed E-state index contributed by atoms with van der Waals surface area (Å²) in [5, 5.41) is 4.06. The summed E-state index contributed by atoms with van der Waals surface area (Å²) < 4.78 is 5.66. The smallest absolute Gasteiger partial charge is 0.123 e. The molecule has 2 bridgehead atoms. The van der Waals surface area contributed by atoms with Crippen LogP contribution in [0.15, 0.2) is 84.9 Å². The van der Waals surface area contributed by atoms with Crippen LogP contribution >= 0.6 is 0 Å². The Bertz CT molecular complexity index is 998. The minimum atomic E-state index is 0.347. The second-order valence-corrected chi connectivity index (χ2v) is 9.97. The Hall–Kier alpha value is -2.62. The molecular weight excluding hydrogens is 416 g/mol. The fourth-order valence-electron chi connectivity index (χ4n) is 6.59. The summed E-state index contributed by atoms with van der Waals surface area (Å²) in [5.74, 6) is 2.02. The van der Waals surface area contributed by atoms with Gasteiger partial charge in [-0.3, -0.25) is 4.90 Å². The number of fused-ring (bicyclic) bond motifs is 3. The standard InChI is InChI=1S/C31H38N2O/c1-3-12-27-21-25-19-20-33(27)31(30(25)32-22-26-17-10-11-18-28(26)34-2)29(23-13-6-4-7-14-23)24-15-8-5-9-16-24/h4-11,13-18,25,27,29-32H,3,12,19-22H2,1-2H3/t25?,27?,30-,31-/m1/s1. The van der Waals surface area contributed by atoms with Gasteiger partial charge in [0.2, 0.25) is 0 Å². The molecule has 3 unspecified atom stereocenters. The van der Waals surface area contributed by atoms with Gasteiger partial charge in [-0.05, 0) is 48.9 Å². The first-order valence-corrected chi connectivity index (χ1v) is 13.0. The van der Waals surface area contributed by atoms with E-state index in [2.05, 4.69) is 102 Å². The zero-order valence-corrected chi connectivity index (χ0v) is 20.6. The van der Waals surface area contributed by atoms with Crippen molar-refractivity contribution in [2.75, 3.05) is 13.7 Å². The number of piperidine rings is 3. The van der Waals surface area contributed by atoms with Crippen LogP contribution in [0.1, 0.15) is 55.2 Å². The number of hydrogen-bond donors (Lipinski definition) is 1. The van der Waals surface area contributed by atoms with Crippen LogP contribution in [0.25, 0.3) is 0 Å². The Balaban J connectivity index is 1.53. The summed E-state index contributed by atoms with van der Waals surface area (Å²) in [4.78, 5) is 2.87.